The molecule has 1 aliphatic rings. The van der Waals surface area contributed by atoms with Crippen molar-refractivity contribution in [3.63, 3.8) is 0 Å². The minimum absolute atomic E-state index is 0.105. The number of carbonyl (C=O) groups is 1. The summed E-state index contributed by atoms with van der Waals surface area (Å²) in [5, 5.41) is 4.04. The highest BCUT2D eigenvalue weighted by atomic mass is 32.2. The van der Waals surface area contributed by atoms with Crippen molar-refractivity contribution in [3.05, 3.63) is 65.5 Å². The van der Waals surface area contributed by atoms with Crippen LogP contribution in [0.4, 0.5) is 0 Å². The van der Waals surface area contributed by atoms with E-state index in [0.29, 0.717) is 38.5 Å². The lowest BCUT2D eigenvalue weighted by Gasteiger charge is -2.32. The van der Waals surface area contributed by atoms with E-state index in [1.165, 1.54) is 9.71 Å². The quantitative estimate of drug-likeness (QED) is 0.776. The summed E-state index contributed by atoms with van der Waals surface area (Å²) >= 11 is 0. The molecule has 7 nitrogen and oxygen atoms in total. The minimum atomic E-state index is -3.46. The number of nitrogens with zero attached hydrogens (tertiary/aromatic N) is 2. The Kier molecular flexibility index (Phi) is 6.44. The van der Waals surface area contributed by atoms with Crippen LogP contribution in [0.2, 0.25) is 0 Å². The molecule has 0 atom stereocenters. The Labute approximate surface area is 159 Å². The molecule has 2 aromatic rings. The average Bonchev–Trinajstić information content (AvgIpc) is 3.20. The first-order valence-corrected chi connectivity index (χ1v) is 10.3. The van der Waals surface area contributed by atoms with Crippen LogP contribution in [0.25, 0.3) is 6.08 Å². The van der Waals surface area contributed by atoms with Crippen LogP contribution < -0.4 is 5.32 Å². The fourth-order valence-electron chi connectivity index (χ4n) is 2.81. The van der Waals surface area contributed by atoms with Gasteiger partial charge in [-0.05, 0) is 23.8 Å². The van der Waals surface area contributed by atoms with Gasteiger partial charge >= 0.3 is 0 Å². The summed E-state index contributed by atoms with van der Waals surface area (Å²) < 4.78 is 31.5. The van der Waals surface area contributed by atoms with Crippen molar-refractivity contribution in [2.24, 2.45) is 0 Å². The molecule has 1 aromatic carbocycles. The van der Waals surface area contributed by atoms with Crippen LogP contribution in [0.3, 0.4) is 0 Å². The number of piperazine rings is 1. The molecule has 8 heteroatoms. The number of nitrogens with one attached hydrogen (secondary N) is 1. The molecule has 0 spiro atoms. The maximum Gasteiger partial charge on any atom is 0.236 e. The smallest absolute Gasteiger partial charge is 0.236 e. The lowest BCUT2D eigenvalue weighted by molar-refractivity contribution is -0.122. The van der Waals surface area contributed by atoms with Crippen LogP contribution in [-0.2, 0) is 21.4 Å². The summed E-state index contributed by atoms with van der Waals surface area (Å²) in [5.74, 6) is 0.594. The summed E-state index contributed by atoms with van der Waals surface area (Å²) in [6.45, 7) is 2.37. The number of carbonyl (C=O) groups excluding carboxylic acids is 1. The van der Waals surface area contributed by atoms with Crippen LogP contribution in [0, 0.1) is 0 Å². The highest BCUT2D eigenvalue weighted by molar-refractivity contribution is 7.92. The lowest BCUT2D eigenvalue weighted by atomic mass is 10.2. The van der Waals surface area contributed by atoms with E-state index in [0.717, 1.165) is 5.56 Å². The van der Waals surface area contributed by atoms with Gasteiger partial charge in [0.25, 0.3) is 0 Å². The van der Waals surface area contributed by atoms with Crippen LogP contribution in [0.1, 0.15) is 11.3 Å². The normalized spacial score (nSPS) is 16.6. The first-order valence-electron chi connectivity index (χ1n) is 8.78. The zero-order valence-electron chi connectivity index (χ0n) is 15.0. The van der Waals surface area contributed by atoms with Crippen molar-refractivity contribution in [1.82, 2.24) is 14.5 Å². The number of benzene rings is 1. The number of rotatable bonds is 7. The van der Waals surface area contributed by atoms with E-state index >= 15 is 0 Å². The van der Waals surface area contributed by atoms with Gasteiger partial charge in [0.1, 0.15) is 5.76 Å². The van der Waals surface area contributed by atoms with Gasteiger partial charge in [-0.1, -0.05) is 30.3 Å². The molecule has 1 amide bonds. The Hall–Kier alpha value is -2.42. The standard InChI is InChI=1S/C19H23N3O4S/c23-19(20-15-18-7-4-13-26-18)16-21-9-11-22(12-10-21)27(24,25)14-8-17-5-2-1-3-6-17/h1-8,13-14H,9-12,15-16H2,(H,20,23)/b14-8+. The molecule has 1 saturated heterocycles. The van der Waals surface area contributed by atoms with E-state index in [1.54, 1.807) is 24.5 Å². The summed E-state index contributed by atoms with van der Waals surface area (Å²) in [6.07, 6.45) is 3.16. The van der Waals surface area contributed by atoms with E-state index in [1.807, 2.05) is 35.2 Å². The Bertz CT molecular complexity index is 856. The molecule has 0 unspecified atom stereocenters. The molecule has 0 saturated carbocycles. The van der Waals surface area contributed by atoms with Crippen LogP contribution in [0.15, 0.2) is 58.6 Å². The zero-order chi connectivity index (χ0) is 19.1. The summed E-state index contributed by atoms with van der Waals surface area (Å²) in [4.78, 5) is 14.0. The summed E-state index contributed by atoms with van der Waals surface area (Å²) in [5.41, 5.74) is 0.841. The second-order valence-electron chi connectivity index (χ2n) is 6.29. The van der Waals surface area contributed by atoms with Gasteiger partial charge in [0, 0.05) is 31.6 Å². The number of amides is 1. The van der Waals surface area contributed by atoms with E-state index < -0.39 is 10.0 Å². The molecule has 0 radical (unpaired) electrons. The van der Waals surface area contributed by atoms with Crippen LogP contribution >= 0.6 is 0 Å². The van der Waals surface area contributed by atoms with Gasteiger partial charge in [0.05, 0.1) is 19.4 Å². The average molecular weight is 389 g/mol. The molecular weight excluding hydrogens is 366 g/mol. The summed E-state index contributed by atoms with van der Waals surface area (Å²) in [7, 11) is -3.46. The van der Waals surface area contributed by atoms with E-state index in [-0.39, 0.29) is 12.5 Å². The second-order valence-corrected chi connectivity index (χ2v) is 8.11. The van der Waals surface area contributed by atoms with E-state index in [4.69, 9.17) is 4.42 Å². The Balaban J connectivity index is 1.45. The first-order chi connectivity index (χ1) is 13.0. The second kappa shape index (κ2) is 8.98. The van der Waals surface area contributed by atoms with Gasteiger partial charge in [0.15, 0.2) is 0 Å². The third kappa shape index (κ3) is 5.78. The van der Waals surface area contributed by atoms with E-state index in [2.05, 4.69) is 5.32 Å². The molecule has 27 heavy (non-hydrogen) atoms. The predicted molar refractivity (Wildman–Crippen MR) is 103 cm³/mol. The van der Waals surface area contributed by atoms with Gasteiger partial charge in [0.2, 0.25) is 15.9 Å². The molecule has 0 bridgehead atoms. The predicted octanol–water partition coefficient (Wildman–Crippen LogP) is 1.51. The van der Waals surface area contributed by atoms with Crippen LogP contribution in [0.5, 0.6) is 0 Å². The molecule has 0 aliphatic carbocycles. The van der Waals surface area contributed by atoms with Gasteiger partial charge in [-0.15, -0.1) is 0 Å². The minimum Gasteiger partial charge on any atom is -0.467 e. The van der Waals surface area contributed by atoms with Gasteiger partial charge < -0.3 is 9.73 Å². The Morgan fingerprint density at radius 2 is 1.81 bits per heavy atom. The lowest BCUT2D eigenvalue weighted by Crippen LogP contribution is -2.50. The molecule has 1 N–H and O–H groups in total. The van der Waals surface area contributed by atoms with Crippen molar-refractivity contribution >= 4 is 22.0 Å². The Morgan fingerprint density at radius 3 is 2.48 bits per heavy atom. The van der Waals surface area contributed by atoms with Crippen molar-refractivity contribution in [3.8, 4) is 0 Å². The SMILES string of the molecule is O=C(CN1CCN(S(=O)(=O)/C=C/c2ccccc2)CC1)NCc1ccco1. The van der Waals surface area contributed by atoms with Gasteiger partial charge in [-0.2, -0.15) is 4.31 Å². The van der Waals surface area contributed by atoms with Gasteiger partial charge in [-0.25, -0.2) is 8.42 Å². The fraction of sp³-hybridized carbons (Fsp3) is 0.316. The fourth-order valence-corrected chi connectivity index (χ4v) is 3.99. The summed E-state index contributed by atoms with van der Waals surface area (Å²) in [6, 6.07) is 12.9. The molecule has 3 rings (SSSR count). The first kappa shape index (κ1) is 19.3. The highest BCUT2D eigenvalue weighted by Gasteiger charge is 2.25. The van der Waals surface area contributed by atoms with Crippen molar-refractivity contribution in [1.29, 1.82) is 0 Å². The number of hydrogen-bond donors (Lipinski definition) is 1. The topological polar surface area (TPSA) is 82.9 Å². The maximum absolute atomic E-state index is 12.5. The Morgan fingerprint density at radius 1 is 1.07 bits per heavy atom. The third-order valence-corrected chi connectivity index (χ3v) is 5.90. The van der Waals surface area contributed by atoms with Crippen LogP contribution in [-0.4, -0.2) is 56.3 Å². The zero-order valence-corrected chi connectivity index (χ0v) is 15.8. The third-order valence-electron chi connectivity index (χ3n) is 4.33. The number of hydrogen-bond acceptors (Lipinski definition) is 5. The highest BCUT2D eigenvalue weighted by Crippen LogP contribution is 2.11. The maximum atomic E-state index is 12.5. The monoisotopic (exact) mass is 389 g/mol. The number of furan rings is 1. The molecular formula is C19H23N3O4S. The van der Waals surface area contributed by atoms with Gasteiger partial charge in [-0.3, -0.25) is 9.69 Å². The van der Waals surface area contributed by atoms with Crippen molar-refractivity contribution in [2.45, 2.75) is 6.54 Å². The molecule has 2 heterocycles. The van der Waals surface area contributed by atoms with E-state index in [9.17, 15) is 13.2 Å². The molecule has 1 aliphatic heterocycles. The number of sulfonamides is 1. The molecule has 1 fully saturated rings. The largest absolute Gasteiger partial charge is 0.467 e. The molecule has 144 valence electrons. The van der Waals surface area contributed by atoms with Crippen molar-refractivity contribution < 1.29 is 17.6 Å². The molecule has 1 aromatic heterocycles. The van der Waals surface area contributed by atoms with Crippen molar-refractivity contribution in [2.75, 3.05) is 32.7 Å².